The molecule has 1 heterocycles. The van der Waals surface area contributed by atoms with Crippen molar-refractivity contribution in [2.45, 2.75) is 26.1 Å². The van der Waals surface area contributed by atoms with Crippen molar-refractivity contribution >= 4 is 5.91 Å². The van der Waals surface area contributed by atoms with E-state index >= 15 is 0 Å². The normalized spacial score (nSPS) is 12.8. The molecule has 2 aromatic carbocycles. The molecule has 0 unspecified atom stereocenters. The summed E-state index contributed by atoms with van der Waals surface area (Å²) in [7, 11) is 1.63. The predicted molar refractivity (Wildman–Crippen MR) is 85.5 cm³/mol. The topological polar surface area (TPSA) is 50.4 Å². The van der Waals surface area contributed by atoms with E-state index in [0.717, 1.165) is 30.0 Å². The standard InChI is InChI=1S/C18H20N2O2/c1-22-17-6-3-13(4-7-17)9-18(21)20-10-14-2-5-15-11-19-12-16(15)8-14/h2-8,19H,9-12H2,1H3,(H,20,21). The Labute approximate surface area is 130 Å². The molecule has 114 valence electrons. The van der Waals surface area contributed by atoms with Gasteiger partial charge in [-0.15, -0.1) is 0 Å². The minimum Gasteiger partial charge on any atom is -0.497 e. The summed E-state index contributed by atoms with van der Waals surface area (Å²) in [6.45, 7) is 2.44. The van der Waals surface area contributed by atoms with Crippen molar-refractivity contribution in [1.29, 1.82) is 0 Å². The first kappa shape index (κ1) is 14.6. The molecule has 0 saturated carbocycles. The van der Waals surface area contributed by atoms with Gasteiger partial charge in [0.15, 0.2) is 0 Å². The van der Waals surface area contributed by atoms with Gasteiger partial charge in [-0.3, -0.25) is 4.79 Å². The van der Waals surface area contributed by atoms with Crippen LogP contribution >= 0.6 is 0 Å². The van der Waals surface area contributed by atoms with Gasteiger partial charge in [-0.1, -0.05) is 30.3 Å². The fourth-order valence-electron chi connectivity index (χ4n) is 2.65. The summed E-state index contributed by atoms with van der Waals surface area (Å²) in [4.78, 5) is 12.0. The number of nitrogens with one attached hydrogen (secondary N) is 2. The fraction of sp³-hybridized carbons (Fsp3) is 0.278. The number of hydrogen-bond acceptors (Lipinski definition) is 3. The van der Waals surface area contributed by atoms with Crippen LogP contribution < -0.4 is 15.4 Å². The van der Waals surface area contributed by atoms with Crippen molar-refractivity contribution in [3.63, 3.8) is 0 Å². The van der Waals surface area contributed by atoms with Gasteiger partial charge >= 0.3 is 0 Å². The molecule has 1 amide bonds. The third kappa shape index (κ3) is 3.46. The zero-order chi connectivity index (χ0) is 15.4. The van der Waals surface area contributed by atoms with E-state index in [1.54, 1.807) is 7.11 Å². The zero-order valence-corrected chi connectivity index (χ0v) is 12.7. The molecule has 22 heavy (non-hydrogen) atoms. The quantitative estimate of drug-likeness (QED) is 0.889. The molecule has 2 aromatic rings. The second kappa shape index (κ2) is 6.62. The Morgan fingerprint density at radius 2 is 1.82 bits per heavy atom. The molecule has 4 nitrogen and oxygen atoms in total. The molecule has 0 aromatic heterocycles. The number of carbonyl (C=O) groups excluding carboxylic acids is 1. The van der Waals surface area contributed by atoms with E-state index < -0.39 is 0 Å². The first-order valence-electron chi connectivity index (χ1n) is 7.45. The fourth-order valence-corrected chi connectivity index (χ4v) is 2.65. The summed E-state index contributed by atoms with van der Waals surface area (Å²) in [6.07, 6.45) is 0.385. The molecule has 0 radical (unpaired) electrons. The number of fused-ring (bicyclic) bond motifs is 1. The van der Waals surface area contributed by atoms with Gasteiger partial charge in [0.2, 0.25) is 5.91 Å². The number of methoxy groups -OCH3 is 1. The highest BCUT2D eigenvalue weighted by Crippen LogP contribution is 2.17. The number of ether oxygens (including phenoxy) is 1. The molecule has 0 aliphatic carbocycles. The van der Waals surface area contributed by atoms with Gasteiger partial charge < -0.3 is 15.4 Å². The maximum Gasteiger partial charge on any atom is 0.224 e. The van der Waals surface area contributed by atoms with Crippen LogP contribution in [0.5, 0.6) is 5.75 Å². The average molecular weight is 296 g/mol. The van der Waals surface area contributed by atoms with E-state index in [0.29, 0.717) is 13.0 Å². The summed E-state index contributed by atoms with van der Waals surface area (Å²) in [5.74, 6) is 0.833. The monoisotopic (exact) mass is 296 g/mol. The molecule has 0 bridgehead atoms. The lowest BCUT2D eigenvalue weighted by molar-refractivity contribution is -0.120. The van der Waals surface area contributed by atoms with Gasteiger partial charge in [0, 0.05) is 19.6 Å². The van der Waals surface area contributed by atoms with Gasteiger partial charge in [-0.2, -0.15) is 0 Å². The molecular formula is C18H20N2O2. The molecule has 4 heteroatoms. The first-order valence-corrected chi connectivity index (χ1v) is 7.45. The highest BCUT2D eigenvalue weighted by molar-refractivity contribution is 5.78. The van der Waals surface area contributed by atoms with Crippen LogP contribution in [0.1, 0.15) is 22.3 Å². The third-order valence-corrected chi connectivity index (χ3v) is 3.91. The number of carbonyl (C=O) groups is 1. The Morgan fingerprint density at radius 1 is 1.09 bits per heavy atom. The summed E-state index contributed by atoms with van der Waals surface area (Å²) >= 11 is 0. The Kier molecular flexibility index (Phi) is 4.39. The number of hydrogen-bond donors (Lipinski definition) is 2. The molecule has 0 saturated heterocycles. The van der Waals surface area contributed by atoms with Gasteiger partial charge in [-0.25, -0.2) is 0 Å². The number of benzene rings is 2. The smallest absolute Gasteiger partial charge is 0.224 e. The Hall–Kier alpha value is -2.33. The van der Waals surface area contributed by atoms with Crippen molar-refractivity contribution in [1.82, 2.24) is 10.6 Å². The first-order chi connectivity index (χ1) is 10.7. The van der Waals surface area contributed by atoms with E-state index in [4.69, 9.17) is 4.74 Å². The van der Waals surface area contributed by atoms with Crippen LogP contribution in [0.25, 0.3) is 0 Å². The van der Waals surface area contributed by atoms with Crippen LogP contribution in [0, 0.1) is 0 Å². The maximum atomic E-state index is 12.0. The minimum atomic E-state index is 0.0313. The predicted octanol–water partition coefficient (Wildman–Crippen LogP) is 2.16. The van der Waals surface area contributed by atoms with Crippen LogP contribution in [0.2, 0.25) is 0 Å². The second-order valence-corrected chi connectivity index (χ2v) is 5.51. The summed E-state index contributed by atoms with van der Waals surface area (Å²) in [5.41, 5.74) is 4.82. The van der Waals surface area contributed by atoms with Gasteiger partial charge in [0.25, 0.3) is 0 Å². The average Bonchev–Trinajstić information content (AvgIpc) is 3.01. The molecule has 2 N–H and O–H groups in total. The molecule has 0 spiro atoms. The lowest BCUT2D eigenvalue weighted by Gasteiger charge is -2.08. The molecule has 0 atom stereocenters. The van der Waals surface area contributed by atoms with Crippen LogP contribution in [0.15, 0.2) is 42.5 Å². The van der Waals surface area contributed by atoms with E-state index in [-0.39, 0.29) is 5.91 Å². The third-order valence-electron chi connectivity index (χ3n) is 3.91. The van der Waals surface area contributed by atoms with Crippen LogP contribution in [0.4, 0.5) is 0 Å². The van der Waals surface area contributed by atoms with Crippen LogP contribution in [-0.2, 0) is 30.8 Å². The van der Waals surface area contributed by atoms with Gasteiger partial charge in [-0.05, 0) is 34.4 Å². The molecule has 1 aliphatic rings. The Balaban J connectivity index is 1.53. The van der Waals surface area contributed by atoms with Crippen molar-refractivity contribution in [2.75, 3.05) is 7.11 Å². The minimum absolute atomic E-state index is 0.0313. The summed E-state index contributed by atoms with van der Waals surface area (Å²) in [6, 6.07) is 14.0. The van der Waals surface area contributed by atoms with E-state index in [1.165, 1.54) is 11.1 Å². The molecule has 1 aliphatic heterocycles. The van der Waals surface area contributed by atoms with Crippen LogP contribution in [-0.4, -0.2) is 13.0 Å². The Morgan fingerprint density at radius 3 is 2.59 bits per heavy atom. The highest BCUT2D eigenvalue weighted by atomic mass is 16.5. The molecule has 3 rings (SSSR count). The van der Waals surface area contributed by atoms with Gasteiger partial charge in [0.1, 0.15) is 5.75 Å². The van der Waals surface area contributed by atoms with E-state index in [2.05, 4.69) is 28.8 Å². The van der Waals surface area contributed by atoms with E-state index in [9.17, 15) is 4.79 Å². The lowest BCUT2D eigenvalue weighted by atomic mass is 10.1. The van der Waals surface area contributed by atoms with Crippen molar-refractivity contribution in [2.24, 2.45) is 0 Å². The zero-order valence-electron chi connectivity index (χ0n) is 12.7. The summed E-state index contributed by atoms with van der Waals surface area (Å²) in [5, 5.41) is 6.30. The second-order valence-electron chi connectivity index (χ2n) is 5.51. The summed E-state index contributed by atoms with van der Waals surface area (Å²) < 4.78 is 5.11. The molecule has 0 fully saturated rings. The lowest BCUT2D eigenvalue weighted by Crippen LogP contribution is -2.24. The van der Waals surface area contributed by atoms with Crippen molar-refractivity contribution in [3.05, 3.63) is 64.7 Å². The van der Waals surface area contributed by atoms with Crippen molar-refractivity contribution < 1.29 is 9.53 Å². The molecular weight excluding hydrogens is 276 g/mol. The Bertz CT molecular complexity index is 665. The van der Waals surface area contributed by atoms with E-state index in [1.807, 2.05) is 24.3 Å². The SMILES string of the molecule is COc1ccc(CC(=O)NCc2ccc3c(c2)CNC3)cc1. The van der Waals surface area contributed by atoms with Gasteiger partial charge in [0.05, 0.1) is 13.5 Å². The largest absolute Gasteiger partial charge is 0.497 e. The van der Waals surface area contributed by atoms with Crippen LogP contribution in [0.3, 0.4) is 0 Å². The number of rotatable bonds is 5. The highest BCUT2D eigenvalue weighted by Gasteiger charge is 2.10. The maximum absolute atomic E-state index is 12.0. The van der Waals surface area contributed by atoms with Crippen molar-refractivity contribution in [3.8, 4) is 5.75 Å². The number of amides is 1.